The molecule has 16 aromatic carbocycles. The van der Waals surface area contributed by atoms with Crippen molar-refractivity contribution >= 4 is 109 Å². The molecule has 0 saturated carbocycles. The number of rotatable bonds is 12. The SMILES string of the molecule is c1ccc(-c2ccc(-c3nc(-c4ccc5c(c4)c4cccnc4c4ncccc54)cc(-c4ccc5c(c4)c4cccnc4c4ncccc54)n3)cc2)cc1.c1ccc(-c2ccc(-c3nc(-c4ccc5ccccc5c4)cc(-c4ccc5ccccc5c4)n3)cc2)cc1.c1ccc(-c2ccc(-c3nc(-c4ccnc5ccccc45)cc(-c4ccnc5ccccc45)n3)cc2)cc1. The molecule has 0 fully saturated rings. The Labute approximate surface area is 748 Å². The van der Waals surface area contributed by atoms with Crippen LogP contribution in [0.2, 0.25) is 0 Å². The number of fused-ring (bicyclic) bond motifs is 16. The van der Waals surface area contributed by atoms with Crippen molar-refractivity contribution in [2.75, 3.05) is 0 Å². The Morgan fingerprint density at radius 3 is 0.754 bits per heavy atom. The average Bonchev–Trinajstić information content (AvgIpc) is 0.736. The molecule has 9 aromatic heterocycles. The number of pyridine rings is 6. The predicted octanol–water partition coefficient (Wildman–Crippen LogP) is 29.3. The van der Waals surface area contributed by atoms with Crippen LogP contribution in [0, 0.1) is 0 Å². The molecule has 25 rings (SSSR count). The number of aromatic nitrogens is 12. The summed E-state index contributed by atoms with van der Waals surface area (Å²) in [6.45, 7) is 0. The Kier molecular flexibility index (Phi) is 20.0. The summed E-state index contributed by atoms with van der Waals surface area (Å²) >= 11 is 0. The number of nitrogens with zero attached hydrogens (tertiary/aromatic N) is 12. The van der Waals surface area contributed by atoms with Gasteiger partial charge < -0.3 is 0 Å². The van der Waals surface area contributed by atoms with Crippen molar-refractivity contribution in [1.29, 1.82) is 0 Å². The van der Waals surface area contributed by atoms with Gasteiger partial charge in [0.05, 0.1) is 67.3 Å². The molecule has 0 saturated heterocycles. The number of hydrogen-bond acceptors (Lipinski definition) is 12. The quantitative estimate of drug-likeness (QED) is 0.107. The molecule has 25 aromatic rings. The summed E-state index contributed by atoms with van der Waals surface area (Å²) in [5, 5.41) is 15.7. The van der Waals surface area contributed by atoms with Crippen LogP contribution >= 0.6 is 0 Å². The van der Waals surface area contributed by atoms with Crippen LogP contribution in [-0.4, -0.2) is 59.8 Å². The minimum absolute atomic E-state index is 0.658. The number of benzene rings is 16. The van der Waals surface area contributed by atoms with E-state index in [2.05, 4.69) is 331 Å². The van der Waals surface area contributed by atoms with Crippen LogP contribution in [-0.2, 0) is 0 Å². The number of para-hydroxylation sites is 2. The van der Waals surface area contributed by atoms with Gasteiger partial charge in [0.2, 0.25) is 0 Å². The summed E-state index contributed by atoms with van der Waals surface area (Å²) in [4.78, 5) is 58.9. The Morgan fingerprint density at radius 1 is 0.131 bits per heavy atom. The smallest absolute Gasteiger partial charge is 0.160 e. The van der Waals surface area contributed by atoms with Gasteiger partial charge in [-0.3, -0.25) is 29.9 Å². The fourth-order valence-electron chi connectivity index (χ4n) is 17.8. The van der Waals surface area contributed by atoms with E-state index in [1.165, 1.54) is 43.8 Å². The van der Waals surface area contributed by atoms with Crippen LogP contribution in [0.4, 0.5) is 0 Å². The monoisotopic (exact) mass is 1660 g/mol. The summed E-state index contributed by atoms with van der Waals surface area (Å²) in [7, 11) is 0. The zero-order chi connectivity index (χ0) is 86.2. The molecule has 606 valence electrons. The van der Waals surface area contributed by atoms with Crippen molar-refractivity contribution in [3.05, 3.63) is 450 Å². The fourth-order valence-corrected chi connectivity index (χ4v) is 17.8. The first-order valence-corrected chi connectivity index (χ1v) is 43.3. The minimum atomic E-state index is 0.658. The highest BCUT2D eigenvalue weighted by Crippen LogP contribution is 2.42. The van der Waals surface area contributed by atoms with Crippen LogP contribution in [0.15, 0.2) is 450 Å². The third-order valence-electron chi connectivity index (χ3n) is 24.3. The third-order valence-corrected chi connectivity index (χ3v) is 24.3. The van der Waals surface area contributed by atoms with Gasteiger partial charge in [-0.25, -0.2) is 29.9 Å². The van der Waals surface area contributed by atoms with Crippen molar-refractivity contribution in [2.24, 2.45) is 0 Å². The molecule has 0 atom stereocenters. The molecular formula is C118H74N12. The predicted molar refractivity (Wildman–Crippen MR) is 533 cm³/mol. The third kappa shape index (κ3) is 15.0. The van der Waals surface area contributed by atoms with E-state index in [4.69, 9.17) is 49.8 Å². The summed E-state index contributed by atoms with van der Waals surface area (Å²) in [6.07, 6.45) is 11.0. The van der Waals surface area contributed by atoms with Crippen molar-refractivity contribution in [1.82, 2.24) is 59.8 Å². The first-order chi connectivity index (χ1) is 64.4. The lowest BCUT2D eigenvalue weighted by Gasteiger charge is -2.13. The van der Waals surface area contributed by atoms with E-state index >= 15 is 0 Å². The van der Waals surface area contributed by atoms with Crippen molar-refractivity contribution < 1.29 is 0 Å². The van der Waals surface area contributed by atoms with Gasteiger partial charge in [-0.2, -0.15) is 0 Å². The van der Waals surface area contributed by atoms with Crippen LogP contribution in [0.5, 0.6) is 0 Å². The highest BCUT2D eigenvalue weighted by Gasteiger charge is 2.21. The van der Waals surface area contributed by atoms with E-state index in [-0.39, 0.29) is 0 Å². The Hall–Kier alpha value is -17.7. The molecule has 9 heterocycles. The molecule has 12 nitrogen and oxygen atoms in total. The van der Waals surface area contributed by atoms with Crippen LogP contribution < -0.4 is 0 Å². The van der Waals surface area contributed by atoms with E-state index in [1.54, 1.807) is 0 Å². The van der Waals surface area contributed by atoms with Crippen LogP contribution in [0.1, 0.15) is 0 Å². The Morgan fingerprint density at radius 2 is 0.392 bits per heavy atom. The summed E-state index contributed by atoms with van der Waals surface area (Å²) < 4.78 is 0. The molecule has 0 radical (unpaired) electrons. The lowest BCUT2D eigenvalue weighted by atomic mass is 9.95. The van der Waals surface area contributed by atoms with Crippen LogP contribution in [0.25, 0.3) is 244 Å². The van der Waals surface area contributed by atoms with Gasteiger partial charge in [-0.05, 0) is 167 Å². The number of hydrogen-bond donors (Lipinski definition) is 0. The molecule has 0 aliphatic carbocycles. The Bertz CT molecular complexity index is 8210. The van der Waals surface area contributed by atoms with E-state index < -0.39 is 0 Å². The standard InChI is InChI=1S/C48H28N6.C36H24N2.C34H22N4/c1-2-8-29(9-3-1)30-14-16-31(17-15-30)48-53-42(32-18-20-34-36-10-4-22-49-44(36)46-38(40(34)26-32)12-6-24-51-46)28-43(54-48)33-19-21-35-37-11-5-23-50-45(37)47-39(41(35)27-33)13-7-25-52-47;1-2-8-25(9-3-1)28-14-18-29(19-15-28)36-37-34(32-20-16-26-10-4-6-12-30(26)22-32)24-35(38-36)33-21-17-27-11-5-7-13-31(27)23-33;1-2-8-23(9-3-1)24-14-16-25(17-15-24)34-37-32(28-18-20-35-30-12-6-4-10-26(28)30)22-33(38-34)29-19-21-36-31-13-7-5-11-27(29)31/h1-28H;1-24H;1-22H. The molecule has 0 aliphatic heterocycles. The van der Waals surface area contributed by atoms with Gasteiger partial charge in [0.1, 0.15) is 0 Å². The fraction of sp³-hybridized carbons (Fsp3) is 0. The zero-order valence-corrected chi connectivity index (χ0v) is 70.1. The summed E-state index contributed by atoms with van der Waals surface area (Å²) in [5.41, 5.74) is 26.8. The van der Waals surface area contributed by atoms with Crippen LogP contribution in [0.3, 0.4) is 0 Å². The maximum absolute atomic E-state index is 5.25. The highest BCUT2D eigenvalue weighted by molar-refractivity contribution is 6.25. The molecule has 0 spiro atoms. The molecule has 0 amide bonds. The lowest BCUT2D eigenvalue weighted by molar-refractivity contribution is 1.18. The van der Waals surface area contributed by atoms with Crippen molar-refractivity contribution in [3.63, 3.8) is 0 Å². The average molecular weight is 1660 g/mol. The maximum atomic E-state index is 5.25. The normalized spacial score (nSPS) is 11.4. The molecule has 130 heavy (non-hydrogen) atoms. The van der Waals surface area contributed by atoms with Gasteiger partial charge in [0, 0.05) is 120 Å². The maximum Gasteiger partial charge on any atom is 0.160 e. The topological polar surface area (TPSA) is 155 Å². The second kappa shape index (κ2) is 33.7. The van der Waals surface area contributed by atoms with Gasteiger partial charge in [0.25, 0.3) is 0 Å². The zero-order valence-electron chi connectivity index (χ0n) is 70.1. The van der Waals surface area contributed by atoms with E-state index in [9.17, 15) is 0 Å². The molecule has 0 bridgehead atoms. The molecule has 0 aliphatic rings. The molecule has 0 N–H and O–H groups in total. The largest absolute Gasteiger partial charge is 0.256 e. The second-order valence-electron chi connectivity index (χ2n) is 32.2. The first-order valence-electron chi connectivity index (χ1n) is 43.3. The lowest BCUT2D eigenvalue weighted by Crippen LogP contribution is -1.97. The molecule has 12 heteroatoms. The Balaban J connectivity index is 0.000000114. The summed E-state index contributed by atoms with van der Waals surface area (Å²) in [6, 6.07) is 143. The van der Waals surface area contributed by atoms with E-state index in [0.717, 1.165) is 188 Å². The van der Waals surface area contributed by atoms with Gasteiger partial charge in [0.15, 0.2) is 17.5 Å². The first kappa shape index (κ1) is 77.1. The highest BCUT2D eigenvalue weighted by atomic mass is 14.9. The van der Waals surface area contributed by atoms with Crippen molar-refractivity contribution in [2.45, 2.75) is 0 Å². The van der Waals surface area contributed by atoms with Gasteiger partial charge in [-0.15, -0.1) is 0 Å². The second-order valence-corrected chi connectivity index (χ2v) is 32.2. The minimum Gasteiger partial charge on any atom is -0.256 e. The summed E-state index contributed by atoms with van der Waals surface area (Å²) in [5.74, 6) is 2.06. The van der Waals surface area contributed by atoms with Crippen molar-refractivity contribution in [3.8, 4) is 135 Å². The van der Waals surface area contributed by atoms with E-state index in [1.807, 2.05) is 128 Å². The molecular weight excluding hydrogens is 1590 g/mol. The van der Waals surface area contributed by atoms with E-state index in [0.29, 0.717) is 11.6 Å². The van der Waals surface area contributed by atoms with Gasteiger partial charge in [-0.1, -0.05) is 322 Å². The molecule has 0 unspecified atom stereocenters. The van der Waals surface area contributed by atoms with Gasteiger partial charge >= 0.3 is 0 Å².